The average molecular weight is 452 g/mol. The van der Waals surface area contributed by atoms with Crippen LogP contribution in [0.2, 0.25) is 5.02 Å². The molecular weight excluding hydrogens is 434 g/mol. The zero-order valence-corrected chi connectivity index (χ0v) is 18.2. The highest BCUT2D eigenvalue weighted by atomic mass is 35.5. The predicted molar refractivity (Wildman–Crippen MR) is 121 cm³/mol. The Balaban J connectivity index is 1.65. The van der Waals surface area contributed by atoms with Crippen molar-refractivity contribution < 1.29 is 13.9 Å². The van der Waals surface area contributed by atoms with Crippen molar-refractivity contribution in [3.8, 4) is 17.0 Å². The van der Waals surface area contributed by atoms with Gasteiger partial charge in [-0.15, -0.1) is 11.3 Å². The minimum atomic E-state index is -0.162. The third-order valence-corrected chi connectivity index (χ3v) is 6.33. The minimum absolute atomic E-state index is 0.0330. The molecule has 1 aliphatic heterocycles. The smallest absolute Gasteiger partial charge is 0.262 e. The lowest BCUT2D eigenvalue weighted by Crippen LogP contribution is -2.25. The summed E-state index contributed by atoms with van der Waals surface area (Å²) in [7, 11) is 0. The van der Waals surface area contributed by atoms with Crippen molar-refractivity contribution in [1.29, 1.82) is 0 Å². The molecule has 0 unspecified atom stereocenters. The van der Waals surface area contributed by atoms with Gasteiger partial charge in [-0.05, 0) is 55.0 Å². The number of amides is 1. The highest BCUT2D eigenvalue weighted by molar-refractivity contribution is 7.07. The monoisotopic (exact) mass is 451 g/mol. The first-order valence-electron chi connectivity index (χ1n) is 9.66. The van der Waals surface area contributed by atoms with Gasteiger partial charge in [0.2, 0.25) is 0 Å². The van der Waals surface area contributed by atoms with Gasteiger partial charge in [-0.25, -0.2) is 4.99 Å². The van der Waals surface area contributed by atoms with Gasteiger partial charge in [-0.2, -0.15) is 0 Å². The maximum Gasteiger partial charge on any atom is 0.262 e. The molecule has 4 aromatic rings. The van der Waals surface area contributed by atoms with E-state index in [1.165, 1.54) is 11.3 Å². The number of rotatable bonds is 4. The molecule has 0 aliphatic carbocycles. The van der Waals surface area contributed by atoms with Crippen molar-refractivity contribution in [3.63, 3.8) is 0 Å². The first-order valence-corrected chi connectivity index (χ1v) is 10.9. The first kappa shape index (κ1) is 19.7. The van der Waals surface area contributed by atoms with Gasteiger partial charge in [0, 0.05) is 16.0 Å². The van der Waals surface area contributed by atoms with Crippen molar-refractivity contribution in [2.24, 2.45) is 4.99 Å². The fourth-order valence-corrected chi connectivity index (χ4v) is 4.51. The van der Waals surface area contributed by atoms with Gasteiger partial charge in [0.15, 0.2) is 11.4 Å². The first-order chi connectivity index (χ1) is 15.1. The number of fused-ring (bicyclic) bond motifs is 1. The fourth-order valence-electron chi connectivity index (χ4n) is 3.42. The number of hydrogen-bond donors (Lipinski definition) is 1. The van der Waals surface area contributed by atoms with E-state index in [0.717, 1.165) is 33.1 Å². The molecule has 156 valence electrons. The number of aromatic nitrogens is 1. The van der Waals surface area contributed by atoms with Crippen LogP contribution in [-0.2, 0) is 11.3 Å². The quantitative estimate of drug-likeness (QED) is 0.452. The van der Waals surface area contributed by atoms with Gasteiger partial charge in [-0.3, -0.25) is 4.79 Å². The third kappa shape index (κ3) is 3.89. The van der Waals surface area contributed by atoms with Gasteiger partial charge in [0.1, 0.15) is 11.5 Å². The second-order valence-corrected chi connectivity index (χ2v) is 8.36. The van der Waals surface area contributed by atoms with E-state index in [1.54, 1.807) is 6.26 Å². The summed E-state index contributed by atoms with van der Waals surface area (Å²) in [5, 5.41) is 5.60. The number of halogens is 1. The third-order valence-electron chi connectivity index (χ3n) is 5.06. The Kier molecular flexibility index (Phi) is 5.13. The second-order valence-electron chi connectivity index (χ2n) is 7.11. The zero-order chi connectivity index (χ0) is 21.4. The van der Waals surface area contributed by atoms with Crippen LogP contribution in [0.1, 0.15) is 11.3 Å². The lowest BCUT2D eigenvalue weighted by molar-refractivity contribution is -0.118. The highest BCUT2D eigenvalue weighted by Crippen LogP contribution is 2.33. The molecule has 5 rings (SSSR count). The molecule has 0 atom stereocenters. The number of nitrogens with one attached hydrogen (secondary N) is 1. The number of carbonyl (C=O) groups excluding carboxylic acids is 1. The summed E-state index contributed by atoms with van der Waals surface area (Å²) < 4.78 is 13.2. The van der Waals surface area contributed by atoms with E-state index in [9.17, 15) is 4.79 Å². The number of hydrogen-bond acceptors (Lipinski definition) is 5. The summed E-state index contributed by atoms with van der Waals surface area (Å²) in [4.78, 5) is 17.4. The van der Waals surface area contributed by atoms with Crippen LogP contribution < -0.4 is 14.9 Å². The van der Waals surface area contributed by atoms with E-state index >= 15 is 0 Å². The molecule has 8 heteroatoms. The highest BCUT2D eigenvalue weighted by Gasteiger charge is 2.18. The number of furan rings is 1. The van der Waals surface area contributed by atoms with E-state index in [0.29, 0.717) is 23.0 Å². The van der Waals surface area contributed by atoms with Gasteiger partial charge in [-0.1, -0.05) is 17.7 Å². The molecule has 2 aromatic heterocycles. The summed E-state index contributed by atoms with van der Waals surface area (Å²) in [6.45, 7) is 2.51. The predicted octanol–water partition coefficient (Wildman–Crippen LogP) is 5.38. The largest absolute Gasteiger partial charge is 0.482 e. The van der Waals surface area contributed by atoms with Gasteiger partial charge >= 0.3 is 0 Å². The Hall–Kier alpha value is -3.29. The summed E-state index contributed by atoms with van der Waals surface area (Å²) in [5.74, 6) is 1.32. The fraction of sp³-hybridized carbons (Fsp3) is 0.130. The Morgan fingerprint density at radius 3 is 2.97 bits per heavy atom. The molecular formula is C23H18ClN3O3S. The molecule has 3 heterocycles. The van der Waals surface area contributed by atoms with Gasteiger partial charge in [0.05, 0.1) is 29.9 Å². The number of benzene rings is 2. The molecule has 1 N–H and O–H groups in total. The Morgan fingerprint density at radius 2 is 2.13 bits per heavy atom. The molecule has 0 radical (unpaired) electrons. The maximum absolute atomic E-state index is 11.7. The van der Waals surface area contributed by atoms with Crippen molar-refractivity contribution in [2.75, 3.05) is 11.9 Å². The molecule has 0 saturated heterocycles. The molecule has 2 aromatic carbocycles. The summed E-state index contributed by atoms with van der Waals surface area (Å²) in [6.07, 6.45) is 1.66. The van der Waals surface area contributed by atoms with Gasteiger partial charge in [0.25, 0.3) is 5.91 Å². The van der Waals surface area contributed by atoms with Crippen molar-refractivity contribution >= 4 is 40.2 Å². The lowest BCUT2D eigenvalue weighted by atomic mass is 10.1. The molecule has 0 saturated carbocycles. The second kappa shape index (κ2) is 8.09. The van der Waals surface area contributed by atoms with E-state index in [2.05, 4.69) is 15.3 Å². The topological polar surface area (TPSA) is 68.8 Å². The van der Waals surface area contributed by atoms with Crippen LogP contribution in [-0.4, -0.2) is 17.1 Å². The van der Waals surface area contributed by atoms with E-state index < -0.39 is 0 Å². The normalized spacial score (nSPS) is 13.6. The number of carbonyl (C=O) groups is 1. The average Bonchev–Trinajstić information content (AvgIpc) is 3.42. The Bertz CT molecular complexity index is 1340. The van der Waals surface area contributed by atoms with Crippen LogP contribution in [0.15, 0.2) is 69.6 Å². The minimum Gasteiger partial charge on any atom is -0.482 e. The SMILES string of the molecule is Cc1c(Cl)cccc1N=c1scc(-c2ccc3c(c2)NC(=O)CO3)n1Cc1ccco1. The summed E-state index contributed by atoms with van der Waals surface area (Å²) in [6, 6.07) is 15.3. The van der Waals surface area contributed by atoms with Crippen molar-refractivity contribution in [2.45, 2.75) is 13.5 Å². The number of thiazole rings is 1. The van der Waals surface area contributed by atoms with E-state index in [1.807, 2.05) is 55.5 Å². The van der Waals surface area contributed by atoms with Crippen LogP contribution in [0.3, 0.4) is 0 Å². The number of anilines is 1. The molecule has 1 amide bonds. The molecule has 31 heavy (non-hydrogen) atoms. The zero-order valence-electron chi connectivity index (χ0n) is 16.6. The maximum atomic E-state index is 11.7. The van der Waals surface area contributed by atoms with Crippen LogP contribution in [0.5, 0.6) is 5.75 Å². The van der Waals surface area contributed by atoms with Crippen molar-refractivity contribution in [3.05, 3.63) is 81.3 Å². The molecule has 1 aliphatic rings. The van der Waals surface area contributed by atoms with Crippen molar-refractivity contribution in [1.82, 2.24) is 4.57 Å². The molecule has 0 spiro atoms. The van der Waals surface area contributed by atoms with Crippen LogP contribution in [0, 0.1) is 6.92 Å². The Labute approximate surface area is 187 Å². The van der Waals surface area contributed by atoms with E-state index in [4.69, 9.17) is 25.7 Å². The van der Waals surface area contributed by atoms with Crippen LogP contribution in [0.25, 0.3) is 11.3 Å². The van der Waals surface area contributed by atoms with Crippen LogP contribution >= 0.6 is 22.9 Å². The number of nitrogens with zero attached hydrogens (tertiary/aromatic N) is 2. The van der Waals surface area contributed by atoms with Crippen LogP contribution in [0.4, 0.5) is 11.4 Å². The standard InChI is InChI=1S/C23H18ClN3O3S/c1-14-17(24)5-2-6-18(14)26-23-27(11-16-4-3-9-29-16)20(13-31-23)15-7-8-21-19(10-15)25-22(28)12-30-21/h2-10,13H,11-12H2,1H3,(H,25,28). The lowest BCUT2D eigenvalue weighted by Gasteiger charge is -2.18. The molecule has 0 bridgehead atoms. The summed E-state index contributed by atoms with van der Waals surface area (Å²) >= 11 is 7.82. The molecule has 0 fully saturated rings. The van der Waals surface area contributed by atoms with E-state index in [-0.39, 0.29) is 12.5 Å². The number of ether oxygens (including phenoxy) is 1. The summed E-state index contributed by atoms with van der Waals surface area (Å²) in [5.41, 5.74) is 4.31. The molecule has 6 nitrogen and oxygen atoms in total. The Morgan fingerprint density at radius 1 is 1.23 bits per heavy atom. The van der Waals surface area contributed by atoms with Gasteiger partial charge < -0.3 is 19.0 Å².